The lowest BCUT2D eigenvalue weighted by molar-refractivity contribution is 0.0695. The number of aromatic carboxylic acids is 1. The van der Waals surface area contributed by atoms with Crippen LogP contribution in [0.2, 0.25) is 0 Å². The monoisotopic (exact) mass is 371 g/mol. The number of halogens is 1. The van der Waals surface area contributed by atoms with Crippen LogP contribution < -0.4 is 16.1 Å². The Balaban J connectivity index is 1.64. The lowest BCUT2D eigenvalue weighted by atomic mass is 9.66. The van der Waals surface area contributed by atoms with Crippen molar-refractivity contribution in [3.63, 3.8) is 0 Å². The Bertz CT molecular complexity index is 1010. The molecule has 6 nitrogen and oxygen atoms in total. The molecule has 0 unspecified atom stereocenters. The minimum Gasteiger partial charge on any atom is -0.477 e. The first kappa shape index (κ1) is 16.7. The van der Waals surface area contributed by atoms with Crippen LogP contribution in [0.15, 0.2) is 23.1 Å². The summed E-state index contributed by atoms with van der Waals surface area (Å²) in [6.45, 7) is 1.51. The molecule has 1 aromatic carbocycles. The molecular formula is C20H22FN3O3. The summed E-state index contributed by atoms with van der Waals surface area (Å²) in [5, 5.41) is 9.47. The highest BCUT2D eigenvalue weighted by Gasteiger charge is 2.42. The lowest BCUT2D eigenvalue weighted by Crippen LogP contribution is -2.56. The average Bonchev–Trinajstić information content (AvgIpc) is 3.46. The van der Waals surface area contributed by atoms with Gasteiger partial charge < -0.3 is 20.3 Å². The summed E-state index contributed by atoms with van der Waals surface area (Å²) in [6.07, 6.45) is 5.35. The van der Waals surface area contributed by atoms with Gasteiger partial charge in [0.15, 0.2) is 0 Å². The summed E-state index contributed by atoms with van der Waals surface area (Å²) in [4.78, 5) is 26.0. The number of nitrogens with two attached hydrogens (primary N) is 1. The SMILES string of the molecule is N[C@H]1C[C@H]2CCN(c3cc4c(cc3F)c(=O)c(C(=O)O)cn4C3CC3)C[C@H]21. The summed E-state index contributed by atoms with van der Waals surface area (Å²) in [6, 6.07) is 3.30. The van der Waals surface area contributed by atoms with E-state index in [2.05, 4.69) is 0 Å². The summed E-state index contributed by atoms with van der Waals surface area (Å²) < 4.78 is 16.8. The smallest absolute Gasteiger partial charge is 0.341 e. The Kier molecular flexibility index (Phi) is 3.59. The Morgan fingerprint density at radius 2 is 2.04 bits per heavy atom. The number of carboxylic acids is 1. The molecule has 142 valence electrons. The van der Waals surface area contributed by atoms with Crippen LogP contribution in [0, 0.1) is 17.7 Å². The van der Waals surface area contributed by atoms with Gasteiger partial charge in [0.05, 0.1) is 11.2 Å². The third-order valence-corrected chi connectivity index (χ3v) is 6.54. The first-order valence-corrected chi connectivity index (χ1v) is 9.56. The molecule has 3 aliphatic rings. The molecule has 0 spiro atoms. The predicted octanol–water partition coefficient (Wildman–Crippen LogP) is 2.35. The van der Waals surface area contributed by atoms with Gasteiger partial charge >= 0.3 is 5.97 Å². The maximum absolute atomic E-state index is 14.9. The fraction of sp³-hybridized carbons (Fsp3) is 0.500. The van der Waals surface area contributed by atoms with Gasteiger partial charge in [-0.2, -0.15) is 0 Å². The predicted molar refractivity (Wildman–Crippen MR) is 99.8 cm³/mol. The van der Waals surface area contributed by atoms with Crippen molar-refractivity contribution < 1.29 is 14.3 Å². The van der Waals surface area contributed by atoms with Gasteiger partial charge in [-0.3, -0.25) is 4.79 Å². The minimum atomic E-state index is -1.28. The molecule has 27 heavy (non-hydrogen) atoms. The fourth-order valence-electron chi connectivity index (χ4n) is 4.76. The second kappa shape index (κ2) is 5.79. The molecule has 2 aromatic rings. The Morgan fingerprint density at radius 1 is 1.26 bits per heavy atom. The number of carbonyl (C=O) groups is 1. The number of hydrogen-bond acceptors (Lipinski definition) is 4. The minimum absolute atomic E-state index is 0.137. The third kappa shape index (κ3) is 2.56. The fourth-order valence-corrected chi connectivity index (χ4v) is 4.76. The van der Waals surface area contributed by atoms with E-state index in [1.54, 1.807) is 6.07 Å². The Morgan fingerprint density at radius 3 is 2.70 bits per heavy atom. The van der Waals surface area contributed by atoms with Crippen LogP contribution in [0.25, 0.3) is 10.9 Å². The molecule has 0 radical (unpaired) electrons. The highest BCUT2D eigenvalue weighted by molar-refractivity contribution is 5.93. The van der Waals surface area contributed by atoms with Crippen molar-refractivity contribution in [1.29, 1.82) is 0 Å². The molecule has 5 rings (SSSR count). The van der Waals surface area contributed by atoms with E-state index < -0.39 is 17.2 Å². The molecule has 0 amide bonds. The van der Waals surface area contributed by atoms with E-state index in [0.717, 1.165) is 38.8 Å². The average molecular weight is 371 g/mol. The van der Waals surface area contributed by atoms with Gasteiger partial charge in [0.2, 0.25) is 5.43 Å². The number of hydrogen-bond donors (Lipinski definition) is 2. The zero-order chi connectivity index (χ0) is 18.9. The van der Waals surface area contributed by atoms with Crippen LogP contribution in [-0.2, 0) is 0 Å². The van der Waals surface area contributed by atoms with E-state index in [1.807, 2.05) is 9.47 Å². The van der Waals surface area contributed by atoms with Gasteiger partial charge in [0.1, 0.15) is 11.4 Å². The quantitative estimate of drug-likeness (QED) is 0.865. The maximum Gasteiger partial charge on any atom is 0.341 e. The van der Waals surface area contributed by atoms with E-state index in [0.29, 0.717) is 23.0 Å². The zero-order valence-corrected chi connectivity index (χ0v) is 14.9. The molecule has 7 heteroatoms. The number of rotatable bonds is 3. The Hall–Kier alpha value is -2.41. The second-order valence-electron chi connectivity index (χ2n) is 8.19. The standard InChI is InChI=1S/C20H22FN3O3/c21-15-6-12-17(24(11-1-2-11)9-14(19(12)25)20(26)27)7-18(15)23-4-3-10-5-16(22)13(10)8-23/h6-7,9-11,13,16H,1-5,8,22H2,(H,26,27)/t10-,13-,16+/m1/s1. The number of nitrogens with zero attached hydrogens (tertiary/aromatic N) is 2. The summed E-state index contributed by atoms with van der Waals surface area (Å²) in [5.41, 5.74) is 6.29. The highest BCUT2D eigenvalue weighted by Crippen LogP contribution is 2.42. The van der Waals surface area contributed by atoms with Crippen molar-refractivity contribution in [3.05, 3.63) is 39.9 Å². The molecule has 1 aliphatic heterocycles. The molecule has 3 atom stereocenters. The van der Waals surface area contributed by atoms with Crippen molar-refractivity contribution in [3.8, 4) is 0 Å². The third-order valence-electron chi connectivity index (χ3n) is 6.54. The van der Waals surface area contributed by atoms with Crippen LogP contribution in [0.4, 0.5) is 10.1 Å². The molecule has 1 saturated heterocycles. The van der Waals surface area contributed by atoms with Crippen molar-refractivity contribution in [1.82, 2.24) is 4.57 Å². The van der Waals surface area contributed by atoms with E-state index in [-0.39, 0.29) is 23.0 Å². The second-order valence-corrected chi connectivity index (χ2v) is 8.19. The van der Waals surface area contributed by atoms with Gasteiger partial charge in [0.25, 0.3) is 0 Å². The number of piperidine rings is 1. The molecule has 3 fully saturated rings. The normalized spacial score (nSPS) is 27.3. The molecule has 2 saturated carbocycles. The Labute approximate surface area is 155 Å². The van der Waals surface area contributed by atoms with Gasteiger partial charge in [-0.1, -0.05) is 0 Å². The van der Waals surface area contributed by atoms with Crippen LogP contribution in [0.5, 0.6) is 0 Å². The van der Waals surface area contributed by atoms with Gasteiger partial charge in [-0.25, -0.2) is 9.18 Å². The van der Waals surface area contributed by atoms with Crippen molar-refractivity contribution in [2.75, 3.05) is 18.0 Å². The topological polar surface area (TPSA) is 88.6 Å². The molecular weight excluding hydrogens is 349 g/mol. The summed E-state index contributed by atoms with van der Waals surface area (Å²) in [5.74, 6) is -0.714. The van der Waals surface area contributed by atoms with Gasteiger partial charge in [0, 0.05) is 36.8 Å². The largest absolute Gasteiger partial charge is 0.477 e. The van der Waals surface area contributed by atoms with E-state index >= 15 is 0 Å². The molecule has 2 aliphatic carbocycles. The van der Waals surface area contributed by atoms with Crippen molar-refractivity contribution in [2.24, 2.45) is 17.6 Å². The number of benzene rings is 1. The van der Waals surface area contributed by atoms with E-state index in [4.69, 9.17) is 5.73 Å². The van der Waals surface area contributed by atoms with Crippen LogP contribution >= 0.6 is 0 Å². The van der Waals surface area contributed by atoms with E-state index in [9.17, 15) is 19.1 Å². The number of fused-ring (bicyclic) bond motifs is 2. The van der Waals surface area contributed by atoms with E-state index in [1.165, 1.54) is 12.3 Å². The summed E-state index contributed by atoms with van der Waals surface area (Å²) in [7, 11) is 0. The number of carboxylic acid groups (broad SMARTS) is 1. The molecule has 0 bridgehead atoms. The van der Waals surface area contributed by atoms with Gasteiger partial charge in [-0.15, -0.1) is 0 Å². The van der Waals surface area contributed by atoms with Crippen molar-refractivity contribution >= 4 is 22.6 Å². The first-order chi connectivity index (χ1) is 12.9. The number of aromatic nitrogens is 1. The van der Waals surface area contributed by atoms with Crippen LogP contribution in [-0.4, -0.2) is 34.8 Å². The summed E-state index contributed by atoms with van der Waals surface area (Å²) >= 11 is 0. The molecule has 1 aromatic heterocycles. The maximum atomic E-state index is 14.9. The van der Waals surface area contributed by atoms with Crippen LogP contribution in [0.3, 0.4) is 0 Å². The number of pyridine rings is 1. The molecule has 3 N–H and O–H groups in total. The highest BCUT2D eigenvalue weighted by atomic mass is 19.1. The lowest BCUT2D eigenvalue weighted by Gasteiger charge is -2.50. The molecule has 2 heterocycles. The zero-order valence-electron chi connectivity index (χ0n) is 14.9. The van der Waals surface area contributed by atoms with Crippen molar-refractivity contribution in [2.45, 2.75) is 37.8 Å². The van der Waals surface area contributed by atoms with Crippen LogP contribution in [0.1, 0.15) is 42.1 Å². The van der Waals surface area contributed by atoms with Gasteiger partial charge in [-0.05, 0) is 49.7 Å². The first-order valence-electron chi connectivity index (χ1n) is 9.56. The number of anilines is 1.